The molecule has 0 saturated carbocycles. The van der Waals surface area contributed by atoms with Crippen molar-refractivity contribution in [1.29, 1.82) is 0 Å². The van der Waals surface area contributed by atoms with Gasteiger partial charge in [0.15, 0.2) is 0 Å². The highest BCUT2D eigenvalue weighted by Crippen LogP contribution is 2.37. The first-order valence-electron chi connectivity index (χ1n) is 5.91. The largest absolute Gasteiger partial charge is 0.347 e. The van der Waals surface area contributed by atoms with Crippen LogP contribution in [0.1, 0.15) is 11.6 Å². The van der Waals surface area contributed by atoms with Gasteiger partial charge in [-0.2, -0.15) is 0 Å². The molecule has 2 aromatic carbocycles. The Hall–Kier alpha value is -1.74. The van der Waals surface area contributed by atoms with Gasteiger partial charge in [0.25, 0.3) is 0 Å². The number of hydrogen-bond acceptors (Lipinski definition) is 2. The van der Waals surface area contributed by atoms with E-state index in [1.165, 1.54) is 5.56 Å². The van der Waals surface area contributed by atoms with Crippen LogP contribution in [0.25, 0.3) is 0 Å². The molecule has 0 aromatic heterocycles. The van der Waals surface area contributed by atoms with Crippen LogP contribution >= 0.6 is 11.8 Å². The smallest absolute Gasteiger partial charge is 0.236 e. The van der Waals surface area contributed by atoms with Crippen molar-refractivity contribution in [3.05, 3.63) is 66.2 Å². The van der Waals surface area contributed by atoms with E-state index in [4.69, 9.17) is 0 Å². The molecule has 90 valence electrons. The van der Waals surface area contributed by atoms with Crippen LogP contribution in [0.4, 0.5) is 0 Å². The lowest BCUT2D eigenvalue weighted by atomic mass is 9.97. The molecule has 0 spiro atoms. The van der Waals surface area contributed by atoms with Crippen molar-refractivity contribution < 1.29 is 4.79 Å². The lowest BCUT2D eigenvalue weighted by molar-refractivity contribution is -0.127. The van der Waals surface area contributed by atoms with Gasteiger partial charge in [-0.3, -0.25) is 4.79 Å². The molecule has 3 heteroatoms. The highest BCUT2D eigenvalue weighted by Gasteiger charge is 2.40. The van der Waals surface area contributed by atoms with Crippen molar-refractivity contribution in [3.8, 4) is 0 Å². The number of benzene rings is 2. The summed E-state index contributed by atoms with van der Waals surface area (Å²) in [6, 6.07) is 20.3. The number of thioether (sulfide) groups is 1. The monoisotopic (exact) mass is 255 g/mol. The zero-order chi connectivity index (χ0) is 12.4. The SMILES string of the molecule is O=C1NC(c2ccccc2)C1Sc1ccccc1. The third-order valence-electron chi connectivity index (χ3n) is 3.02. The molecule has 1 heterocycles. The van der Waals surface area contributed by atoms with Crippen LogP contribution in [0, 0.1) is 0 Å². The Balaban J connectivity index is 1.77. The second kappa shape index (κ2) is 4.86. The fraction of sp³-hybridized carbons (Fsp3) is 0.133. The fourth-order valence-corrected chi connectivity index (χ4v) is 3.20. The number of nitrogens with one attached hydrogen (secondary N) is 1. The van der Waals surface area contributed by atoms with Gasteiger partial charge in [-0.1, -0.05) is 48.5 Å². The average molecular weight is 255 g/mol. The number of rotatable bonds is 3. The molecule has 1 N–H and O–H groups in total. The first-order chi connectivity index (χ1) is 8.84. The number of amides is 1. The molecule has 1 aliphatic rings. The zero-order valence-electron chi connectivity index (χ0n) is 9.74. The van der Waals surface area contributed by atoms with E-state index >= 15 is 0 Å². The predicted molar refractivity (Wildman–Crippen MR) is 73.4 cm³/mol. The quantitative estimate of drug-likeness (QED) is 0.854. The molecule has 2 atom stereocenters. The Bertz CT molecular complexity index is 541. The Morgan fingerprint density at radius 3 is 2.11 bits per heavy atom. The molecule has 2 aromatic rings. The molecular formula is C15H13NOS. The van der Waals surface area contributed by atoms with Gasteiger partial charge < -0.3 is 5.32 Å². The molecule has 1 fully saturated rings. The molecule has 18 heavy (non-hydrogen) atoms. The van der Waals surface area contributed by atoms with E-state index in [0.717, 1.165) is 4.90 Å². The lowest BCUT2D eigenvalue weighted by Gasteiger charge is -2.36. The minimum atomic E-state index is -0.0187. The minimum absolute atomic E-state index is 0.0187. The van der Waals surface area contributed by atoms with Gasteiger partial charge in [-0.05, 0) is 17.7 Å². The molecule has 2 nitrogen and oxygen atoms in total. The van der Waals surface area contributed by atoms with Crippen molar-refractivity contribution in [3.63, 3.8) is 0 Å². The summed E-state index contributed by atoms with van der Waals surface area (Å²) >= 11 is 1.63. The summed E-state index contributed by atoms with van der Waals surface area (Å²) in [7, 11) is 0. The average Bonchev–Trinajstić information content (AvgIpc) is 2.44. The van der Waals surface area contributed by atoms with Gasteiger partial charge in [0, 0.05) is 4.90 Å². The van der Waals surface area contributed by atoms with Gasteiger partial charge in [-0.15, -0.1) is 11.8 Å². The van der Waals surface area contributed by atoms with Crippen LogP contribution < -0.4 is 5.32 Å². The normalized spacial score (nSPS) is 22.1. The summed E-state index contributed by atoms with van der Waals surface area (Å²) in [5.41, 5.74) is 1.17. The molecule has 2 unspecified atom stereocenters. The third kappa shape index (κ3) is 2.14. The van der Waals surface area contributed by atoms with E-state index in [1.54, 1.807) is 11.8 Å². The summed E-state index contributed by atoms with van der Waals surface area (Å²) in [5, 5.41) is 2.95. The molecule has 0 radical (unpaired) electrons. The molecule has 1 amide bonds. The van der Waals surface area contributed by atoms with E-state index in [1.807, 2.05) is 48.5 Å². The minimum Gasteiger partial charge on any atom is -0.347 e. The van der Waals surface area contributed by atoms with Crippen LogP contribution in [0.15, 0.2) is 65.6 Å². The van der Waals surface area contributed by atoms with Crippen LogP contribution in [0.2, 0.25) is 0 Å². The van der Waals surface area contributed by atoms with E-state index in [9.17, 15) is 4.79 Å². The first kappa shape index (κ1) is 11.4. The highest BCUT2D eigenvalue weighted by molar-refractivity contribution is 8.00. The Morgan fingerprint density at radius 2 is 1.50 bits per heavy atom. The van der Waals surface area contributed by atoms with Crippen LogP contribution in [0.3, 0.4) is 0 Å². The second-order valence-corrected chi connectivity index (χ2v) is 5.46. The molecule has 3 rings (SSSR count). The Kier molecular flexibility index (Phi) is 3.07. The Morgan fingerprint density at radius 1 is 0.889 bits per heavy atom. The standard InChI is InChI=1S/C15H13NOS/c17-15-14(18-12-9-5-2-6-10-12)13(16-15)11-7-3-1-4-8-11/h1-10,13-14H,(H,16,17). The number of carbonyl (C=O) groups excluding carboxylic acids is 1. The van der Waals surface area contributed by atoms with Crippen molar-refractivity contribution in [2.45, 2.75) is 16.2 Å². The molecule has 0 aliphatic carbocycles. The van der Waals surface area contributed by atoms with Crippen LogP contribution in [-0.4, -0.2) is 11.2 Å². The summed E-state index contributed by atoms with van der Waals surface area (Å²) in [5.74, 6) is 0.123. The van der Waals surface area contributed by atoms with Crippen molar-refractivity contribution in [1.82, 2.24) is 5.32 Å². The van der Waals surface area contributed by atoms with Gasteiger partial charge in [0.1, 0.15) is 5.25 Å². The van der Waals surface area contributed by atoms with Crippen molar-refractivity contribution >= 4 is 17.7 Å². The topological polar surface area (TPSA) is 29.1 Å². The highest BCUT2D eigenvalue weighted by atomic mass is 32.2. The van der Waals surface area contributed by atoms with Gasteiger partial charge in [0.2, 0.25) is 5.91 Å². The van der Waals surface area contributed by atoms with Gasteiger partial charge in [-0.25, -0.2) is 0 Å². The maximum atomic E-state index is 11.7. The molecule has 0 bridgehead atoms. The molecule has 1 saturated heterocycles. The lowest BCUT2D eigenvalue weighted by Crippen LogP contribution is -2.53. The van der Waals surface area contributed by atoms with Gasteiger partial charge >= 0.3 is 0 Å². The number of carbonyl (C=O) groups is 1. The van der Waals surface area contributed by atoms with Crippen LogP contribution in [0.5, 0.6) is 0 Å². The maximum Gasteiger partial charge on any atom is 0.236 e. The summed E-state index contributed by atoms with van der Waals surface area (Å²) in [6.45, 7) is 0. The van der Waals surface area contributed by atoms with E-state index < -0.39 is 0 Å². The summed E-state index contributed by atoms with van der Waals surface area (Å²) in [4.78, 5) is 12.8. The third-order valence-corrected chi connectivity index (χ3v) is 4.31. The fourth-order valence-electron chi connectivity index (χ4n) is 2.05. The number of β-lactam (4-membered cyclic amide) rings is 1. The second-order valence-electron chi connectivity index (χ2n) is 4.25. The van der Waals surface area contributed by atoms with E-state index in [0.29, 0.717) is 0 Å². The predicted octanol–water partition coefficient (Wildman–Crippen LogP) is 3.02. The van der Waals surface area contributed by atoms with Crippen LogP contribution in [-0.2, 0) is 4.79 Å². The summed E-state index contributed by atoms with van der Waals surface area (Å²) < 4.78 is 0. The van der Waals surface area contributed by atoms with Crippen molar-refractivity contribution in [2.75, 3.05) is 0 Å². The molecule has 1 aliphatic heterocycles. The van der Waals surface area contributed by atoms with Crippen molar-refractivity contribution in [2.24, 2.45) is 0 Å². The van der Waals surface area contributed by atoms with E-state index in [-0.39, 0.29) is 17.2 Å². The maximum absolute atomic E-state index is 11.7. The molecular weight excluding hydrogens is 242 g/mol. The first-order valence-corrected chi connectivity index (χ1v) is 6.79. The zero-order valence-corrected chi connectivity index (χ0v) is 10.6. The Labute approximate surface area is 110 Å². The summed E-state index contributed by atoms with van der Waals surface area (Å²) in [6.07, 6.45) is 0. The van der Waals surface area contributed by atoms with Gasteiger partial charge in [0.05, 0.1) is 6.04 Å². The van der Waals surface area contributed by atoms with E-state index in [2.05, 4.69) is 17.4 Å². The number of hydrogen-bond donors (Lipinski definition) is 1.